The van der Waals surface area contributed by atoms with Gasteiger partial charge in [0, 0.05) is 9.59 Å². The molecule has 2 rings (SSSR count). The number of hydrogen-bond acceptors (Lipinski definition) is 1. The van der Waals surface area contributed by atoms with Crippen LogP contribution in [0.1, 0.15) is 50.7 Å². The maximum absolute atomic E-state index is 2.26. The van der Waals surface area contributed by atoms with Crippen molar-refractivity contribution in [2.75, 3.05) is 0 Å². The predicted molar refractivity (Wildman–Crippen MR) is 100 cm³/mol. The van der Waals surface area contributed by atoms with E-state index in [0.717, 1.165) is 0 Å². The van der Waals surface area contributed by atoms with Gasteiger partial charge < -0.3 is 0 Å². The standard InChI is InChI=1S/C19H24S2/c1-14(2)16-5-9-18(10-6-16)20-13-21-19-11-7-17(8-12-19)15(3)4/h5-15,20H,1-4H3. The van der Waals surface area contributed by atoms with Crippen LogP contribution in [-0.4, -0.2) is 4.70 Å². The van der Waals surface area contributed by atoms with Gasteiger partial charge in [-0.3, -0.25) is 0 Å². The molecule has 0 amide bonds. The lowest BCUT2D eigenvalue weighted by atomic mass is 10.0. The van der Waals surface area contributed by atoms with Crippen molar-refractivity contribution < 1.29 is 0 Å². The molecule has 0 bridgehead atoms. The molecule has 0 N–H and O–H groups in total. The van der Waals surface area contributed by atoms with Crippen molar-refractivity contribution in [3.8, 4) is 0 Å². The maximum Gasteiger partial charge on any atom is 0.0121 e. The molecule has 0 fully saturated rings. The topological polar surface area (TPSA) is 0 Å². The summed E-state index contributed by atoms with van der Waals surface area (Å²) in [5.74, 6) is 1.21. The van der Waals surface area contributed by atoms with Crippen molar-refractivity contribution in [2.45, 2.75) is 49.3 Å². The smallest absolute Gasteiger partial charge is 0.0121 e. The Kier molecular flexibility index (Phi) is 6.13. The minimum absolute atomic E-state index is 0.602. The first-order chi connectivity index (χ1) is 10.1. The van der Waals surface area contributed by atoms with Gasteiger partial charge in [-0.25, -0.2) is 0 Å². The zero-order valence-electron chi connectivity index (χ0n) is 13.2. The fourth-order valence-electron chi connectivity index (χ4n) is 2.02. The summed E-state index contributed by atoms with van der Waals surface area (Å²) in [6.07, 6.45) is 0. The van der Waals surface area contributed by atoms with E-state index in [1.807, 2.05) is 11.8 Å². The average Bonchev–Trinajstić information content (AvgIpc) is 2.48. The van der Waals surface area contributed by atoms with E-state index >= 15 is 0 Å². The molecule has 0 spiro atoms. The minimum Gasteiger partial charge on any atom is -0.163 e. The van der Waals surface area contributed by atoms with Gasteiger partial charge in [0.25, 0.3) is 0 Å². The van der Waals surface area contributed by atoms with Crippen LogP contribution in [0.3, 0.4) is 0 Å². The van der Waals surface area contributed by atoms with Gasteiger partial charge in [0.15, 0.2) is 0 Å². The third-order valence-electron chi connectivity index (χ3n) is 3.50. The Bertz CT molecular complexity index is 578. The number of hydrogen-bond donors (Lipinski definition) is 1. The lowest BCUT2D eigenvalue weighted by molar-refractivity contribution is 0.865. The third kappa shape index (κ3) is 5.05. The molecule has 21 heavy (non-hydrogen) atoms. The van der Waals surface area contributed by atoms with Crippen molar-refractivity contribution in [1.29, 1.82) is 0 Å². The zero-order chi connectivity index (χ0) is 15.2. The van der Waals surface area contributed by atoms with E-state index in [1.165, 1.54) is 32.3 Å². The molecule has 0 radical (unpaired) electrons. The second kappa shape index (κ2) is 7.86. The molecule has 0 atom stereocenters. The number of thioether (sulfide) groups is 1. The molecule has 0 aromatic heterocycles. The van der Waals surface area contributed by atoms with Crippen LogP contribution in [0, 0.1) is 0 Å². The molecular formula is C19H24S2. The number of benzene rings is 2. The van der Waals surface area contributed by atoms with Crippen molar-refractivity contribution >= 4 is 27.8 Å². The highest BCUT2D eigenvalue weighted by atomic mass is 32.2. The Morgan fingerprint density at radius 2 is 1.24 bits per heavy atom. The van der Waals surface area contributed by atoms with Crippen LogP contribution in [-0.2, 0) is 0 Å². The highest BCUT2D eigenvalue weighted by Gasteiger charge is 1.99. The molecule has 0 aliphatic rings. The fraction of sp³-hybridized carbons (Fsp3) is 0.316. The summed E-state index contributed by atoms with van der Waals surface area (Å²) in [5.41, 5.74) is 2.81. The van der Waals surface area contributed by atoms with Gasteiger partial charge in [0.2, 0.25) is 0 Å². The average molecular weight is 317 g/mol. The zero-order valence-corrected chi connectivity index (χ0v) is 14.9. The molecule has 2 aromatic rings. The van der Waals surface area contributed by atoms with Crippen LogP contribution in [0.25, 0.3) is 0 Å². The first-order valence-electron chi connectivity index (χ1n) is 7.45. The van der Waals surface area contributed by atoms with E-state index in [-0.39, 0.29) is 0 Å². The van der Waals surface area contributed by atoms with Gasteiger partial charge >= 0.3 is 0 Å². The molecule has 0 aliphatic heterocycles. The van der Waals surface area contributed by atoms with Crippen molar-refractivity contribution in [2.24, 2.45) is 0 Å². The van der Waals surface area contributed by atoms with Gasteiger partial charge in [-0.1, -0.05) is 63.7 Å². The summed E-state index contributed by atoms with van der Waals surface area (Å²) in [6, 6.07) is 17.8. The molecule has 112 valence electrons. The van der Waals surface area contributed by atoms with Crippen LogP contribution in [0.15, 0.2) is 58.3 Å². The summed E-state index contributed by atoms with van der Waals surface area (Å²) in [4.78, 5) is 2.66. The van der Waals surface area contributed by atoms with Gasteiger partial charge in [-0.05, 0) is 52.1 Å². The molecule has 0 nitrogen and oxygen atoms in total. The van der Waals surface area contributed by atoms with Crippen molar-refractivity contribution in [3.05, 3.63) is 59.7 Å². The molecule has 2 aromatic carbocycles. The summed E-state index contributed by atoms with van der Waals surface area (Å²) in [7, 11) is 0. The Hall–Kier alpha value is -0.990. The normalized spacial score (nSPS) is 12.1. The van der Waals surface area contributed by atoms with Gasteiger partial charge in [0.1, 0.15) is 0 Å². The molecule has 0 aliphatic carbocycles. The predicted octanol–water partition coefficient (Wildman–Crippen LogP) is 6.31. The van der Waals surface area contributed by atoms with Crippen LogP contribution in [0.4, 0.5) is 0 Å². The number of thiol groups is 1. The largest absolute Gasteiger partial charge is 0.163 e. The molecule has 0 saturated heterocycles. The van der Waals surface area contributed by atoms with Crippen LogP contribution in [0.2, 0.25) is 0 Å². The molecule has 0 unspecified atom stereocenters. The number of rotatable bonds is 5. The Morgan fingerprint density at radius 3 is 1.71 bits per heavy atom. The van der Waals surface area contributed by atoms with E-state index in [0.29, 0.717) is 11.8 Å². The highest BCUT2D eigenvalue weighted by Crippen LogP contribution is 2.23. The third-order valence-corrected chi connectivity index (χ3v) is 5.48. The van der Waals surface area contributed by atoms with Gasteiger partial charge in [-0.15, -0.1) is 0 Å². The quantitative estimate of drug-likeness (QED) is 0.383. The summed E-state index contributed by atoms with van der Waals surface area (Å²) in [6.45, 7) is 8.92. The molecular weight excluding hydrogens is 292 g/mol. The first kappa shape index (κ1) is 16.4. The van der Waals surface area contributed by atoms with E-state index in [9.17, 15) is 0 Å². The first-order valence-corrected chi connectivity index (χ1v) is 9.29. The van der Waals surface area contributed by atoms with Crippen LogP contribution < -0.4 is 0 Å². The summed E-state index contributed by atoms with van der Waals surface area (Å²) in [5, 5.41) is 0. The van der Waals surface area contributed by atoms with Crippen molar-refractivity contribution in [3.63, 3.8) is 0 Å². The van der Waals surface area contributed by atoms with Crippen LogP contribution >= 0.6 is 23.1 Å². The SMILES string of the molecule is CC(C)c1ccc(SC=[SH]c2ccc(C(C)C)cc2)cc1. The Labute approximate surface area is 136 Å². The maximum atomic E-state index is 2.26. The summed E-state index contributed by atoms with van der Waals surface area (Å²) < 4.78 is 2.26. The van der Waals surface area contributed by atoms with E-state index in [4.69, 9.17) is 0 Å². The second-order valence-electron chi connectivity index (χ2n) is 5.82. The summed E-state index contributed by atoms with van der Waals surface area (Å²) >= 11 is 3.08. The Balaban J connectivity index is 1.95. The lowest BCUT2D eigenvalue weighted by Crippen LogP contribution is -1.85. The van der Waals surface area contributed by atoms with E-state index < -0.39 is 0 Å². The lowest BCUT2D eigenvalue weighted by Gasteiger charge is -2.05. The van der Waals surface area contributed by atoms with Gasteiger partial charge in [-0.2, -0.15) is 11.4 Å². The highest BCUT2D eigenvalue weighted by molar-refractivity contribution is 8.25. The monoisotopic (exact) mass is 316 g/mol. The van der Waals surface area contributed by atoms with Gasteiger partial charge in [0.05, 0.1) is 0 Å². The minimum atomic E-state index is 0.602. The molecule has 2 heteroatoms. The fourth-order valence-corrected chi connectivity index (χ4v) is 3.82. The molecule has 0 heterocycles. The van der Waals surface area contributed by atoms with E-state index in [2.05, 4.69) is 80.9 Å². The molecule has 0 saturated carbocycles. The van der Waals surface area contributed by atoms with Crippen molar-refractivity contribution in [1.82, 2.24) is 0 Å². The Morgan fingerprint density at radius 1 is 0.762 bits per heavy atom. The second-order valence-corrected chi connectivity index (χ2v) is 8.15. The van der Waals surface area contributed by atoms with Crippen LogP contribution in [0.5, 0.6) is 0 Å². The van der Waals surface area contributed by atoms with E-state index in [1.54, 1.807) is 0 Å².